The lowest BCUT2D eigenvalue weighted by molar-refractivity contribution is 1.31. The molecule has 2 aromatic carbocycles. The molecule has 5 heteroatoms. The lowest BCUT2D eigenvalue weighted by Gasteiger charge is -1.94. The van der Waals surface area contributed by atoms with E-state index in [2.05, 4.69) is 37.5 Å². The highest BCUT2D eigenvalue weighted by Crippen LogP contribution is 2.25. The monoisotopic (exact) mass is 331 g/mol. The molecular weight excluding hydrogens is 322 g/mol. The van der Waals surface area contributed by atoms with E-state index in [0.29, 0.717) is 0 Å². The predicted octanol–water partition coefficient (Wildman–Crippen LogP) is 4.50. The van der Waals surface area contributed by atoms with Gasteiger partial charge in [-0.1, -0.05) is 51.5 Å². The molecule has 0 unspecified atom stereocenters. The van der Waals surface area contributed by atoms with E-state index >= 15 is 0 Å². The number of nitrogens with zero attached hydrogens (tertiary/aromatic N) is 2. The Labute approximate surface area is 123 Å². The number of thiazole rings is 1. The van der Waals surface area contributed by atoms with Crippen LogP contribution in [0.15, 0.2) is 58.1 Å². The van der Waals surface area contributed by atoms with Gasteiger partial charge in [-0.25, -0.2) is 4.98 Å². The van der Waals surface area contributed by atoms with Crippen LogP contribution in [0, 0.1) is 0 Å². The van der Waals surface area contributed by atoms with Crippen LogP contribution in [0.25, 0.3) is 10.2 Å². The van der Waals surface area contributed by atoms with Gasteiger partial charge in [0, 0.05) is 4.47 Å². The molecule has 3 aromatic rings. The SMILES string of the molecule is Brc1cccc(/C=N\Nc2nc3ccccc3s2)c1. The lowest BCUT2D eigenvalue weighted by atomic mass is 10.2. The number of hydrogen-bond donors (Lipinski definition) is 1. The van der Waals surface area contributed by atoms with Gasteiger partial charge in [0.2, 0.25) is 5.13 Å². The zero-order valence-electron chi connectivity index (χ0n) is 9.88. The minimum atomic E-state index is 0.799. The first-order chi connectivity index (χ1) is 9.31. The van der Waals surface area contributed by atoms with Gasteiger partial charge in [0.05, 0.1) is 16.4 Å². The minimum Gasteiger partial charge on any atom is -0.253 e. The van der Waals surface area contributed by atoms with Gasteiger partial charge in [-0.3, -0.25) is 5.43 Å². The van der Waals surface area contributed by atoms with Crippen molar-refractivity contribution < 1.29 is 0 Å². The quantitative estimate of drug-likeness (QED) is 0.566. The molecule has 0 amide bonds. The van der Waals surface area contributed by atoms with Crippen molar-refractivity contribution in [1.82, 2.24) is 4.98 Å². The maximum absolute atomic E-state index is 4.45. The Hall–Kier alpha value is -1.72. The number of nitrogens with one attached hydrogen (secondary N) is 1. The summed E-state index contributed by atoms with van der Waals surface area (Å²) in [4.78, 5) is 4.45. The number of halogens is 1. The van der Waals surface area contributed by atoms with Crippen LogP contribution in [-0.4, -0.2) is 11.2 Å². The van der Waals surface area contributed by atoms with E-state index in [4.69, 9.17) is 0 Å². The van der Waals surface area contributed by atoms with Gasteiger partial charge in [0.25, 0.3) is 0 Å². The maximum Gasteiger partial charge on any atom is 0.204 e. The fourth-order valence-electron chi connectivity index (χ4n) is 1.67. The summed E-state index contributed by atoms with van der Waals surface area (Å²) in [6.45, 7) is 0. The first-order valence-electron chi connectivity index (χ1n) is 5.71. The molecule has 0 bridgehead atoms. The van der Waals surface area contributed by atoms with Crippen LogP contribution >= 0.6 is 27.3 Å². The number of anilines is 1. The molecule has 0 saturated heterocycles. The summed E-state index contributed by atoms with van der Waals surface area (Å²) in [6.07, 6.45) is 1.77. The van der Waals surface area contributed by atoms with Crippen molar-refractivity contribution in [3.8, 4) is 0 Å². The largest absolute Gasteiger partial charge is 0.253 e. The van der Waals surface area contributed by atoms with Crippen LogP contribution in [0.1, 0.15) is 5.56 Å². The third-order valence-corrected chi connectivity index (χ3v) is 3.95. The smallest absolute Gasteiger partial charge is 0.204 e. The molecule has 0 atom stereocenters. The van der Waals surface area contributed by atoms with Crippen molar-refractivity contribution in [3.05, 3.63) is 58.6 Å². The summed E-state index contributed by atoms with van der Waals surface area (Å²) in [5.74, 6) is 0. The highest BCUT2D eigenvalue weighted by molar-refractivity contribution is 9.10. The number of fused-ring (bicyclic) bond motifs is 1. The summed E-state index contributed by atoms with van der Waals surface area (Å²) in [5.41, 5.74) is 4.99. The van der Waals surface area contributed by atoms with Crippen molar-refractivity contribution in [2.24, 2.45) is 5.10 Å². The molecule has 0 fully saturated rings. The fourth-order valence-corrected chi connectivity index (χ4v) is 2.90. The molecule has 94 valence electrons. The Kier molecular flexibility index (Phi) is 3.57. The van der Waals surface area contributed by atoms with Gasteiger partial charge in [-0.15, -0.1) is 0 Å². The van der Waals surface area contributed by atoms with Crippen LogP contribution in [0.4, 0.5) is 5.13 Å². The number of rotatable bonds is 3. The molecule has 3 nitrogen and oxygen atoms in total. The van der Waals surface area contributed by atoms with Crippen molar-refractivity contribution >= 4 is 48.8 Å². The van der Waals surface area contributed by atoms with Crippen LogP contribution < -0.4 is 5.43 Å². The van der Waals surface area contributed by atoms with Crippen molar-refractivity contribution in [2.45, 2.75) is 0 Å². The fraction of sp³-hybridized carbons (Fsp3) is 0. The van der Waals surface area contributed by atoms with Gasteiger partial charge in [0.15, 0.2) is 0 Å². The Morgan fingerprint density at radius 3 is 2.89 bits per heavy atom. The van der Waals surface area contributed by atoms with E-state index in [9.17, 15) is 0 Å². The van der Waals surface area contributed by atoms with E-state index in [0.717, 1.165) is 25.4 Å². The first kappa shape index (κ1) is 12.3. The second-order valence-corrected chi connectivity index (χ2v) is 5.86. The van der Waals surface area contributed by atoms with E-state index in [1.807, 2.05) is 42.5 Å². The van der Waals surface area contributed by atoms with Crippen LogP contribution in [0.2, 0.25) is 0 Å². The summed E-state index contributed by atoms with van der Waals surface area (Å²) in [5, 5.41) is 5.00. The Balaban J connectivity index is 1.75. The Bertz CT molecular complexity index is 703. The van der Waals surface area contributed by atoms with E-state index < -0.39 is 0 Å². The van der Waals surface area contributed by atoms with Gasteiger partial charge in [-0.05, 0) is 29.8 Å². The van der Waals surface area contributed by atoms with E-state index in [1.54, 1.807) is 17.6 Å². The average Bonchev–Trinajstić information content (AvgIpc) is 2.81. The molecule has 3 rings (SSSR count). The average molecular weight is 332 g/mol. The summed E-state index contributed by atoms with van der Waals surface area (Å²) in [7, 11) is 0. The van der Waals surface area contributed by atoms with Crippen molar-refractivity contribution in [1.29, 1.82) is 0 Å². The first-order valence-corrected chi connectivity index (χ1v) is 7.32. The zero-order chi connectivity index (χ0) is 13.1. The van der Waals surface area contributed by atoms with Gasteiger partial charge < -0.3 is 0 Å². The Morgan fingerprint density at radius 2 is 2.05 bits per heavy atom. The lowest BCUT2D eigenvalue weighted by Crippen LogP contribution is -1.89. The minimum absolute atomic E-state index is 0.799. The standard InChI is InChI=1S/C14H10BrN3S/c15-11-5-3-4-10(8-11)9-16-18-14-17-12-6-1-2-7-13(12)19-14/h1-9H,(H,17,18)/b16-9-. The van der Waals surface area contributed by atoms with E-state index in [-0.39, 0.29) is 0 Å². The molecule has 0 aliphatic rings. The molecule has 1 N–H and O–H groups in total. The van der Waals surface area contributed by atoms with Crippen LogP contribution in [-0.2, 0) is 0 Å². The summed E-state index contributed by atoms with van der Waals surface area (Å²) < 4.78 is 2.19. The number of aromatic nitrogens is 1. The maximum atomic E-state index is 4.45. The summed E-state index contributed by atoms with van der Waals surface area (Å²) in [6, 6.07) is 16.0. The molecule has 0 aliphatic heterocycles. The van der Waals surface area contributed by atoms with Crippen LogP contribution in [0.3, 0.4) is 0 Å². The number of hydrogen-bond acceptors (Lipinski definition) is 4. The van der Waals surface area contributed by atoms with E-state index in [1.165, 1.54) is 0 Å². The normalized spacial score (nSPS) is 11.2. The third kappa shape index (κ3) is 3.00. The zero-order valence-corrected chi connectivity index (χ0v) is 12.3. The second kappa shape index (κ2) is 5.50. The molecular formula is C14H10BrN3S. The number of benzene rings is 2. The Morgan fingerprint density at radius 1 is 1.16 bits per heavy atom. The van der Waals surface area contributed by atoms with Gasteiger partial charge in [-0.2, -0.15) is 5.10 Å². The topological polar surface area (TPSA) is 37.3 Å². The molecule has 19 heavy (non-hydrogen) atoms. The van der Waals surface area contributed by atoms with Gasteiger partial charge >= 0.3 is 0 Å². The van der Waals surface area contributed by atoms with Crippen LogP contribution in [0.5, 0.6) is 0 Å². The molecule has 0 radical (unpaired) electrons. The number of para-hydroxylation sites is 1. The second-order valence-electron chi connectivity index (χ2n) is 3.91. The number of hydrazone groups is 1. The van der Waals surface area contributed by atoms with Crippen molar-refractivity contribution in [3.63, 3.8) is 0 Å². The molecule has 0 saturated carbocycles. The van der Waals surface area contributed by atoms with Crippen molar-refractivity contribution in [2.75, 3.05) is 5.43 Å². The molecule has 0 spiro atoms. The molecule has 1 heterocycles. The highest BCUT2D eigenvalue weighted by atomic mass is 79.9. The highest BCUT2D eigenvalue weighted by Gasteiger charge is 2.00. The van der Waals surface area contributed by atoms with Gasteiger partial charge in [0.1, 0.15) is 0 Å². The third-order valence-electron chi connectivity index (χ3n) is 2.52. The predicted molar refractivity (Wildman–Crippen MR) is 85.0 cm³/mol. The summed E-state index contributed by atoms with van der Waals surface area (Å²) >= 11 is 5.02. The molecule has 1 aromatic heterocycles. The molecule has 0 aliphatic carbocycles.